The maximum absolute atomic E-state index is 11.5. The van der Waals surface area contributed by atoms with Crippen molar-refractivity contribution >= 4 is 17.7 Å². The first kappa shape index (κ1) is 14.4. The van der Waals surface area contributed by atoms with Gasteiger partial charge in [0.1, 0.15) is 0 Å². The van der Waals surface area contributed by atoms with Gasteiger partial charge < -0.3 is 9.64 Å². The third kappa shape index (κ3) is 4.31. The highest BCUT2D eigenvalue weighted by Gasteiger charge is 2.26. The Hall–Kier alpha value is -1.65. The third-order valence-electron chi connectivity index (χ3n) is 3.06. The van der Waals surface area contributed by atoms with Crippen molar-refractivity contribution in [2.24, 2.45) is 0 Å². The first-order chi connectivity index (χ1) is 8.54. The minimum absolute atomic E-state index is 0.125. The zero-order valence-electron chi connectivity index (χ0n) is 10.8. The summed E-state index contributed by atoms with van der Waals surface area (Å²) in [5.74, 6) is -0.494. The van der Waals surface area contributed by atoms with Crippen LogP contribution in [0.4, 0.5) is 0 Å². The van der Waals surface area contributed by atoms with Gasteiger partial charge in [0, 0.05) is 31.5 Å². The number of hydrogen-bond donors (Lipinski definition) is 0. The van der Waals surface area contributed by atoms with Crippen LogP contribution in [0.2, 0.25) is 0 Å². The minimum atomic E-state index is -0.535. The number of carbonyl (C=O) groups is 3. The number of methoxy groups -OCH3 is 1. The number of amides is 1. The zero-order chi connectivity index (χ0) is 13.5. The van der Waals surface area contributed by atoms with E-state index < -0.39 is 5.97 Å². The maximum atomic E-state index is 11.5. The van der Waals surface area contributed by atoms with Crippen LogP contribution in [0.15, 0.2) is 12.2 Å². The van der Waals surface area contributed by atoms with E-state index in [4.69, 9.17) is 0 Å². The quantitative estimate of drug-likeness (QED) is 0.525. The monoisotopic (exact) mass is 253 g/mol. The van der Waals surface area contributed by atoms with Gasteiger partial charge in [-0.1, -0.05) is 0 Å². The number of esters is 1. The molecule has 18 heavy (non-hydrogen) atoms. The molecule has 1 heterocycles. The smallest absolute Gasteiger partial charge is 0.330 e. The number of nitrogens with zero attached hydrogens (tertiary/aromatic N) is 1. The van der Waals surface area contributed by atoms with E-state index in [2.05, 4.69) is 4.74 Å². The van der Waals surface area contributed by atoms with Crippen LogP contribution in [0.25, 0.3) is 0 Å². The van der Waals surface area contributed by atoms with Crippen molar-refractivity contribution in [2.45, 2.75) is 38.6 Å². The topological polar surface area (TPSA) is 63.7 Å². The first-order valence-corrected chi connectivity index (χ1v) is 6.13. The molecule has 0 aromatic heterocycles. The van der Waals surface area contributed by atoms with Crippen molar-refractivity contribution < 1.29 is 19.1 Å². The van der Waals surface area contributed by atoms with Gasteiger partial charge in [0.05, 0.1) is 7.11 Å². The molecule has 0 aromatic carbocycles. The fourth-order valence-corrected chi connectivity index (χ4v) is 1.96. The Bertz CT molecular complexity index is 362. The number of rotatable bonds is 6. The predicted octanol–water partition coefficient (Wildman–Crippen LogP) is 1.08. The van der Waals surface area contributed by atoms with E-state index in [9.17, 15) is 14.4 Å². The lowest BCUT2D eigenvalue weighted by molar-refractivity contribution is -0.135. The molecule has 1 rings (SSSR count). The second-order valence-electron chi connectivity index (χ2n) is 4.40. The van der Waals surface area contributed by atoms with E-state index in [1.165, 1.54) is 13.2 Å². The van der Waals surface area contributed by atoms with Gasteiger partial charge in [-0.3, -0.25) is 9.59 Å². The summed E-state index contributed by atoms with van der Waals surface area (Å²) in [5.41, 5.74) is 0. The summed E-state index contributed by atoms with van der Waals surface area (Å²) in [6, 6.07) is 0.276. The van der Waals surface area contributed by atoms with Crippen molar-refractivity contribution in [2.75, 3.05) is 13.7 Å². The predicted molar refractivity (Wildman–Crippen MR) is 65.8 cm³/mol. The van der Waals surface area contributed by atoms with Gasteiger partial charge in [0.2, 0.25) is 5.91 Å². The number of hydrogen-bond acceptors (Lipinski definition) is 4. The number of likely N-dealkylation sites (tertiary alicyclic amines) is 1. The second kappa shape index (κ2) is 6.93. The number of ether oxygens (including phenoxy) is 1. The molecule has 0 radical (unpaired) electrons. The van der Waals surface area contributed by atoms with Crippen LogP contribution in [0.1, 0.15) is 32.6 Å². The zero-order valence-corrected chi connectivity index (χ0v) is 10.8. The molecule has 0 bridgehead atoms. The molecule has 1 aliphatic heterocycles. The highest BCUT2D eigenvalue weighted by molar-refractivity contribution is 5.95. The van der Waals surface area contributed by atoms with Gasteiger partial charge in [-0.25, -0.2) is 4.79 Å². The second-order valence-corrected chi connectivity index (χ2v) is 4.40. The Balaban J connectivity index is 2.25. The number of ketones is 1. The molecule has 0 aliphatic carbocycles. The Morgan fingerprint density at radius 3 is 2.72 bits per heavy atom. The average Bonchev–Trinajstić information content (AvgIpc) is 2.67. The summed E-state index contributed by atoms with van der Waals surface area (Å²) in [6.07, 6.45) is 4.81. The Morgan fingerprint density at radius 2 is 2.17 bits per heavy atom. The van der Waals surface area contributed by atoms with Crippen LogP contribution in [0.3, 0.4) is 0 Å². The summed E-state index contributed by atoms with van der Waals surface area (Å²) in [6.45, 7) is 2.63. The Labute approximate surface area is 107 Å². The van der Waals surface area contributed by atoms with Crippen LogP contribution < -0.4 is 0 Å². The molecule has 5 heteroatoms. The van der Waals surface area contributed by atoms with Crippen LogP contribution in [-0.2, 0) is 19.1 Å². The SMILES string of the molecule is COC(=O)/C=C/C(=O)CCCN1C(=O)CCC1C. The summed E-state index contributed by atoms with van der Waals surface area (Å²) in [4.78, 5) is 35.5. The van der Waals surface area contributed by atoms with Crippen molar-refractivity contribution in [1.82, 2.24) is 4.90 Å². The highest BCUT2D eigenvalue weighted by atomic mass is 16.5. The molecule has 100 valence electrons. The number of allylic oxidation sites excluding steroid dienone is 1. The van der Waals surface area contributed by atoms with Gasteiger partial charge in [0.25, 0.3) is 0 Å². The first-order valence-electron chi connectivity index (χ1n) is 6.13. The molecule has 0 saturated carbocycles. The molecule has 1 unspecified atom stereocenters. The Morgan fingerprint density at radius 1 is 1.44 bits per heavy atom. The lowest BCUT2D eigenvalue weighted by atomic mass is 10.2. The fourth-order valence-electron chi connectivity index (χ4n) is 1.96. The van der Waals surface area contributed by atoms with Crippen LogP contribution in [0.5, 0.6) is 0 Å². The highest BCUT2D eigenvalue weighted by Crippen LogP contribution is 2.18. The summed E-state index contributed by atoms with van der Waals surface area (Å²) in [7, 11) is 1.26. The van der Waals surface area contributed by atoms with Crippen LogP contribution in [0, 0.1) is 0 Å². The molecule has 1 fully saturated rings. The van der Waals surface area contributed by atoms with E-state index in [1.807, 2.05) is 11.8 Å². The molecule has 1 amide bonds. The molecule has 0 spiro atoms. The normalized spacial score (nSPS) is 19.6. The van der Waals surface area contributed by atoms with E-state index in [-0.39, 0.29) is 17.7 Å². The standard InChI is InChI=1S/C13H19NO4/c1-10-5-7-12(16)14(10)9-3-4-11(15)6-8-13(17)18-2/h6,8,10H,3-5,7,9H2,1-2H3/b8-6+. The van der Waals surface area contributed by atoms with Gasteiger partial charge in [-0.15, -0.1) is 0 Å². The van der Waals surface area contributed by atoms with Crippen LogP contribution in [-0.4, -0.2) is 42.3 Å². The summed E-state index contributed by atoms with van der Waals surface area (Å²) >= 11 is 0. The van der Waals surface area contributed by atoms with Crippen molar-refractivity contribution in [3.8, 4) is 0 Å². The summed E-state index contributed by atoms with van der Waals surface area (Å²) < 4.78 is 4.38. The average molecular weight is 253 g/mol. The van der Waals surface area contributed by atoms with Crippen molar-refractivity contribution in [3.05, 3.63) is 12.2 Å². The lowest BCUT2D eigenvalue weighted by Crippen LogP contribution is -2.32. The molecule has 1 aliphatic rings. The van der Waals surface area contributed by atoms with Crippen molar-refractivity contribution in [1.29, 1.82) is 0 Å². The van der Waals surface area contributed by atoms with Gasteiger partial charge >= 0.3 is 5.97 Å². The van der Waals surface area contributed by atoms with Crippen LogP contribution >= 0.6 is 0 Å². The molecule has 1 atom stereocenters. The number of carbonyl (C=O) groups excluding carboxylic acids is 3. The molecule has 5 nitrogen and oxygen atoms in total. The van der Waals surface area contributed by atoms with Crippen molar-refractivity contribution in [3.63, 3.8) is 0 Å². The molecule has 1 saturated heterocycles. The van der Waals surface area contributed by atoms with E-state index >= 15 is 0 Å². The maximum Gasteiger partial charge on any atom is 0.330 e. The molecule has 0 N–H and O–H groups in total. The largest absolute Gasteiger partial charge is 0.466 e. The van der Waals surface area contributed by atoms with Gasteiger partial charge in [-0.2, -0.15) is 0 Å². The van der Waals surface area contributed by atoms with E-state index in [0.717, 1.165) is 12.5 Å². The molecular formula is C13H19NO4. The molecular weight excluding hydrogens is 234 g/mol. The van der Waals surface area contributed by atoms with Gasteiger partial charge in [-0.05, 0) is 25.8 Å². The fraction of sp³-hybridized carbons (Fsp3) is 0.615. The van der Waals surface area contributed by atoms with E-state index in [1.54, 1.807) is 0 Å². The van der Waals surface area contributed by atoms with E-state index in [0.29, 0.717) is 25.8 Å². The molecule has 0 aromatic rings. The Kier molecular flexibility index (Phi) is 5.55. The lowest BCUT2D eigenvalue weighted by Gasteiger charge is -2.20. The van der Waals surface area contributed by atoms with Gasteiger partial charge in [0.15, 0.2) is 5.78 Å². The summed E-state index contributed by atoms with van der Waals surface area (Å²) in [5, 5.41) is 0. The minimum Gasteiger partial charge on any atom is -0.466 e. The third-order valence-corrected chi connectivity index (χ3v) is 3.06.